The van der Waals surface area contributed by atoms with E-state index in [1.807, 2.05) is 6.92 Å². The number of hydrogen-bond donors (Lipinski definition) is 1. The maximum absolute atomic E-state index is 10.9. The molecule has 0 fully saturated rings. The van der Waals surface area contributed by atoms with Crippen molar-refractivity contribution in [3.05, 3.63) is 29.8 Å². The first-order valence-electron chi connectivity index (χ1n) is 6.07. The number of benzene rings is 1. The summed E-state index contributed by atoms with van der Waals surface area (Å²) >= 11 is 0. The molecule has 2 N–H and O–H groups in total. The molecule has 0 aliphatic rings. The summed E-state index contributed by atoms with van der Waals surface area (Å²) in [6.07, 6.45) is 1.45. The molecule has 0 heterocycles. The minimum Gasteiger partial charge on any atom is -0.744 e. The molecule has 0 aliphatic carbocycles. The summed E-state index contributed by atoms with van der Waals surface area (Å²) in [4.78, 5) is 10.7. The summed E-state index contributed by atoms with van der Waals surface area (Å²) < 4.78 is 32.4. The largest absolute Gasteiger partial charge is 1.00 e. The third-order valence-electron chi connectivity index (χ3n) is 3.26. The van der Waals surface area contributed by atoms with Crippen molar-refractivity contribution >= 4 is 16.0 Å². The van der Waals surface area contributed by atoms with E-state index in [1.54, 1.807) is 19.1 Å². The van der Waals surface area contributed by atoms with Gasteiger partial charge in [-0.05, 0) is 36.5 Å². The average molecular weight is 307 g/mol. The third kappa shape index (κ3) is 5.93. The Kier molecular flexibility index (Phi) is 7.98. The molecule has 20 heavy (non-hydrogen) atoms. The zero-order valence-corrected chi connectivity index (χ0v) is 14.8. The zero-order chi connectivity index (χ0) is 14.6. The van der Waals surface area contributed by atoms with Crippen LogP contribution in [0.5, 0.6) is 0 Å². The van der Waals surface area contributed by atoms with E-state index in [0.29, 0.717) is 6.42 Å². The monoisotopic (exact) mass is 307 g/mol. The van der Waals surface area contributed by atoms with Crippen LogP contribution in [-0.2, 0) is 14.9 Å². The van der Waals surface area contributed by atoms with Gasteiger partial charge in [-0.1, -0.05) is 26.0 Å². The molecule has 0 bridgehead atoms. The summed E-state index contributed by atoms with van der Waals surface area (Å²) in [5.74, 6) is -0.325. The molecule has 1 amide bonds. The van der Waals surface area contributed by atoms with Crippen molar-refractivity contribution in [3.63, 3.8) is 0 Å². The molecular formula is C13H18NNaO4S. The third-order valence-corrected chi connectivity index (χ3v) is 4.11. The number of primary amides is 1. The molecular weight excluding hydrogens is 289 g/mol. The molecule has 5 nitrogen and oxygen atoms in total. The van der Waals surface area contributed by atoms with E-state index in [0.717, 1.165) is 12.0 Å². The van der Waals surface area contributed by atoms with Crippen LogP contribution in [0.4, 0.5) is 0 Å². The van der Waals surface area contributed by atoms with Gasteiger partial charge in [-0.3, -0.25) is 4.79 Å². The Balaban J connectivity index is 0.00000361. The number of carbonyl (C=O) groups excluding carboxylic acids is 1. The van der Waals surface area contributed by atoms with Gasteiger partial charge in [-0.25, -0.2) is 8.42 Å². The average Bonchev–Trinajstić information content (AvgIpc) is 2.34. The first-order valence-corrected chi connectivity index (χ1v) is 7.48. The fourth-order valence-electron chi connectivity index (χ4n) is 1.77. The van der Waals surface area contributed by atoms with Gasteiger partial charge >= 0.3 is 29.6 Å². The first kappa shape index (κ1) is 19.6. The van der Waals surface area contributed by atoms with Crippen LogP contribution in [0.25, 0.3) is 0 Å². The smallest absolute Gasteiger partial charge is 0.744 e. The number of carbonyl (C=O) groups is 1. The summed E-state index contributed by atoms with van der Waals surface area (Å²) in [6.45, 7) is 3.76. The van der Waals surface area contributed by atoms with Crippen molar-refractivity contribution in [2.75, 3.05) is 0 Å². The summed E-state index contributed by atoms with van der Waals surface area (Å²) in [5, 5.41) is 0. The molecule has 2 unspecified atom stereocenters. The number of amides is 1. The second-order valence-corrected chi connectivity index (χ2v) is 6.18. The molecule has 106 valence electrons. The van der Waals surface area contributed by atoms with E-state index in [2.05, 4.69) is 0 Å². The summed E-state index contributed by atoms with van der Waals surface area (Å²) in [7, 11) is -4.39. The fraction of sp³-hybridized carbons (Fsp3) is 0.462. The molecule has 0 radical (unpaired) electrons. The SMILES string of the molecule is CC(CCC(C)c1ccc(S(=O)(=O)[O-])cc1)C(N)=O.[Na+]. The maximum atomic E-state index is 10.9. The minimum atomic E-state index is -4.39. The van der Waals surface area contributed by atoms with E-state index in [4.69, 9.17) is 5.73 Å². The molecule has 0 spiro atoms. The minimum absolute atomic E-state index is 0. The van der Waals surface area contributed by atoms with E-state index >= 15 is 0 Å². The Morgan fingerprint density at radius 3 is 2.10 bits per heavy atom. The summed E-state index contributed by atoms with van der Waals surface area (Å²) in [5.41, 5.74) is 6.12. The van der Waals surface area contributed by atoms with Crippen molar-refractivity contribution in [1.82, 2.24) is 0 Å². The van der Waals surface area contributed by atoms with Crippen LogP contribution in [0.2, 0.25) is 0 Å². The van der Waals surface area contributed by atoms with Gasteiger partial charge in [-0.2, -0.15) is 0 Å². The Labute approximate surface area is 142 Å². The number of rotatable bonds is 6. The molecule has 0 saturated heterocycles. The molecule has 0 aromatic heterocycles. The van der Waals surface area contributed by atoms with Crippen molar-refractivity contribution in [2.45, 2.75) is 37.5 Å². The van der Waals surface area contributed by atoms with E-state index < -0.39 is 10.1 Å². The maximum Gasteiger partial charge on any atom is 1.00 e. The van der Waals surface area contributed by atoms with Gasteiger partial charge in [-0.15, -0.1) is 0 Å². The second-order valence-electron chi connectivity index (χ2n) is 4.80. The Morgan fingerprint density at radius 1 is 1.20 bits per heavy atom. The van der Waals surface area contributed by atoms with Crippen molar-refractivity contribution in [3.8, 4) is 0 Å². The molecule has 1 rings (SSSR count). The van der Waals surface area contributed by atoms with Gasteiger partial charge in [0.2, 0.25) is 5.91 Å². The van der Waals surface area contributed by atoms with Crippen LogP contribution < -0.4 is 35.3 Å². The fourth-order valence-corrected chi connectivity index (χ4v) is 2.24. The molecule has 1 aromatic carbocycles. The van der Waals surface area contributed by atoms with Crippen LogP contribution in [-0.4, -0.2) is 18.9 Å². The number of nitrogens with two attached hydrogens (primary N) is 1. The van der Waals surface area contributed by atoms with Gasteiger partial charge in [0.25, 0.3) is 0 Å². The standard InChI is InChI=1S/C13H19NO4S.Na/c1-9(3-4-10(2)13(14)15)11-5-7-12(8-6-11)19(16,17)18;/h5-10H,3-4H2,1-2H3,(H2,14,15)(H,16,17,18);/q;+1/p-1. The second kappa shape index (κ2) is 8.14. The molecule has 1 aromatic rings. The Bertz CT molecular complexity index is 542. The van der Waals surface area contributed by atoms with Gasteiger partial charge in [0, 0.05) is 5.92 Å². The van der Waals surface area contributed by atoms with Gasteiger partial charge < -0.3 is 10.3 Å². The van der Waals surface area contributed by atoms with Crippen LogP contribution in [0.3, 0.4) is 0 Å². The van der Waals surface area contributed by atoms with Crippen LogP contribution in [0, 0.1) is 5.92 Å². The number of hydrogen-bond acceptors (Lipinski definition) is 4. The van der Waals surface area contributed by atoms with E-state index in [9.17, 15) is 17.8 Å². The van der Waals surface area contributed by atoms with E-state index in [1.165, 1.54) is 12.1 Å². The Morgan fingerprint density at radius 2 is 1.70 bits per heavy atom. The van der Waals surface area contributed by atoms with Crippen LogP contribution in [0.15, 0.2) is 29.2 Å². The van der Waals surface area contributed by atoms with Crippen molar-refractivity contribution in [1.29, 1.82) is 0 Å². The molecule has 0 saturated carbocycles. The predicted molar refractivity (Wildman–Crippen MR) is 70.4 cm³/mol. The normalized spacial score (nSPS) is 14.2. The van der Waals surface area contributed by atoms with Gasteiger partial charge in [0.05, 0.1) is 4.90 Å². The quantitative estimate of drug-likeness (QED) is 0.516. The van der Waals surface area contributed by atoms with Crippen LogP contribution >= 0.6 is 0 Å². The summed E-state index contributed by atoms with van der Waals surface area (Å²) in [6, 6.07) is 5.88. The molecule has 7 heteroatoms. The van der Waals surface area contributed by atoms with Gasteiger partial charge in [0.15, 0.2) is 0 Å². The predicted octanol–water partition coefficient (Wildman–Crippen LogP) is -1.40. The first-order chi connectivity index (χ1) is 8.71. The molecule has 2 atom stereocenters. The topological polar surface area (TPSA) is 100 Å². The molecule has 0 aliphatic heterocycles. The van der Waals surface area contributed by atoms with Gasteiger partial charge in [0.1, 0.15) is 10.1 Å². The van der Waals surface area contributed by atoms with Crippen molar-refractivity contribution < 1.29 is 47.3 Å². The van der Waals surface area contributed by atoms with Crippen molar-refractivity contribution in [2.24, 2.45) is 11.7 Å². The van der Waals surface area contributed by atoms with Crippen LogP contribution in [0.1, 0.15) is 38.2 Å². The Hall–Kier alpha value is -0.400. The van der Waals surface area contributed by atoms with E-state index in [-0.39, 0.29) is 52.2 Å². The zero-order valence-electron chi connectivity index (χ0n) is 12.0.